The molecule has 2 heterocycles. The van der Waals surface area contributed by atoms with Gasteiger partial charge in [-0.05, 0) is 32.6 Å². The molecular formula is C13H16N4OS. The zero-order valence-electron chi connectivity index (χ0n) is 11.1. The SMILES string of the molecule is Cc1csc(NC(=O)C(c2cccnc2)N(C)C)n1. The lowest BCUT2D eigenvalue weighted by molar-refractivity contribution is -0.120. The highest BCUT2D eigenvalue weighted by Gasteiger charge is 2.23. The Morgan fingerprint density at radius 3 is 2.79 bits per heavy atom. The molecule has 2 rings (SSSR count). The number of carbonyl (C=O) groups is 1. The largest absolute Gasteiger partial charge is 0.300 e. The Labute approximate surface area is 116 Å². The van der Waals surface area contributed by atoms with Crippen molar-refractivity contribution in [1.29, 1.82) is 0 Å². The molecule has 6 heteroatoms. The molecule has 0 aliphatic carbocycles. The van der Waals surface area contributed by atoms with E-state index >= 15 is 0 Å². The van der Waals surface area contributed by atoms with Crippen molar-refractivity contribution in [2.24, 2.45) is 0 Å². The Bertz CT molecular complexity index is 553. The lowest BCUT2D eigenvalue weighted by Crippen LogP contribution is -2.32. The van der Waals surface area contributed by atoms with Gasteiger partial charge in [0.15, 0.2) is 5.13 Å². The molecule has 0 aromatic carbocycles. The van der Waals surface area contributed by atoms with Crippen LogP contribution in [-0.2, 0) is 4.79 Å². The molecule has 2 aromatic heterocycles. The summed E-state index contributed by atoms with van der Waals surface area (Å²) in [6.07, 6.45) is 3.40. The number of hydrogen-bond donors (Lipinski definition) is 1. The first kappa shape index (κ1) is 13.6. The van der Waals surface area contributed by atoms with Crippen LogP contribution in [0.15, 0.2) is 29.9 Å². The third-order valence-corrected chi connectivity index (χ3v) is 3.49. The summed E-state index contributed by atoms with van der Waals surface area (Å²) in [7, 11) is 3.73. The van der Waals surface area contributed by atoms with Crippen LogP contribution in [0.2, 0.25) is 0 Å². The van der Waals surface area contributed by atoms with E-state index in [0.29, 0.717) is 5.13 Å². The normalized spacial score (nSPS) is 12.4. The predicted molar refractivity (Wildman–Crippen MR) is 76.1 cm³/mol. The van der Waals surface area contributed by atoms with Crippen LogP contribution in [0, 0.1) is 6.92 Å². The van der Waals surface area contributed by atoms with Gasteiger partial charge < -0.3 is 5.32 Å². The topological polar surface area (TPSA) is 58.1 Å². The van der Waals surface area contributed by atoms with Crippen molar-refractivity contribution in [1.82, 2.24) is 14.9 Å². The summed E-state index contributed by atoms with van der Waals surface area (Å²) in [6.45, 7) is 1.90. The Morgan fingerprint density at radius 2 is 2.26 bits per heavy atom. The Hall–Kier alpha value is -1.79. The van der Waals surface area contributed by atoms with Gasteiger partial charge in [0.25, 0.3) is 0 Å². The molecule has 0 fully saturated rings. The molecule has 0 radical (unpaired) electrons. The van der Waals surface area contributed by atoms with Gasteiger partial charge in [0.1, 0.15) is 6.04 Å². The minimum Gasteiger partial charge on any atom is -0.300 e. The van der Waals surface area contributed by atoms with E-state index in [0.717, 1.165) is 11.3 Å². The maximum atomic E-state index is 12.3. The maximum absolute atomic E-state index is 12.3. The fourth-order valence-electron chi connectivity index (χ4n) is 1.81. The number of carbonyl (C=O) groups excluding carboxylic acids is 1. The second kappa shape index (κ2) is 5.90. The molecule has 0 spiro atoms. The smallest absolute Gasteiger partial charge is 0.248 e. The Kier molecular flexibility index (Phi) is 4.24. The fraction of sp³-hybridized carbons (Fsp3) is 0.308. The molecule has 2 aromatic rings. The van der Waals surface area contributed by atoms with E-state index in [4.69, 9.17) is 0 Å². The minimum absolute atomic E-state index is 0.104. The van der Waals surface area contributed by atoms with Gasteiger partial charge in [-0.2, -0.15) is 0 Å². The summed E-state index contributed by atoms with van der Waals surface area (Å²) in [5.41, 5.74) is 1.77. The van der Waals surface area contributed by atoms with Crippen molar-refractivity contribution in [3.63, 3.8) is 0 Å². The summed E-state index contributed by atoms with van der Waals surface area (Å²) in [5.74, 6) is -0.104. The third kappa shape index (κ3) is 3.36. The summed E-state index contributed by atoms with van der Waals surface area (Å²) in [5, 5.41) is 5.37. The molecule has 1 N–H and O–H groups in total. The standard InChI is InChI=1S/C13H16N4OS/c1-9-8-19-13(15-9)16-12(18)11(17(2)3)10-5-4-6-14-7-10/h4-8,11H,1-3H3,(H,15,16,18). The van der Waals surface area contributed by atoms with Crippen LogP contribution in [0.4, 0.5) is 5.13 Å². The lowest BCUT2D eigenvalue weighted by atomic mass is 10.1. The van der Waals surface area contributed by atoms with E-state index in [1.807, 2.05) is 43.4 Å². The van der Waals surface area contributed by atoms with Gasteiger partial charge in [0.05, 0.1) is 5.69 Å². The highest BCUT2D eigenvalue weighted by Crippen LogP contribution is 2.21. The van der Waals surface area contributed by atoms with Gasteiger partial charge in [-0.25, -0.2) is 4.98 Å². The molecule has 100 valence electrons. The number of likely N-dealkylation sites (N-methyl/N-ethyl adjacent to an activating group) is 1. The van der Waals surface area contributed by atoms with Gasteiger partial charge >= 0.3 is 0 Å². The molecule has 0 aliphatic rings. The van der Waals surface area contributed by atoms with Gasteiger partial charge in [-0.1, -0.05) is 6.07 Å². The molecule has 5 nitrogen and oxygen atoms in total. The summed E-state index contributed by atoms with van der Waals surface area (Å²) in [4.78, 5) is 22.5. The molecule has 1 unspecified atom stereocenters. The number of rotatable bonds is 4. The third-order valence-electron chi connectivity index (χ3n) is 2.61. The minimum atomic E-state index is -0.377. The Balaban J connectivity index is 2.18. The van der Waals surface area contributed by atoms with Crippen molar-refractivity contribution in [2.75, 3.05) is 19.4 Å². The van der Waals surface area contributed by atoms with Crippen molar-refractivity contribution in [3.8, 4) is 0 Å². The Morgan fingerprint density at radius 1 is 1.47 bits per heavy atom. The van der Waals surface area contributed by atoms with Crippen LogP contribution in [0.3, 0.4) is 0 Å². The van der Waals surface area contributed by atoms with Crippen LogP contribution < -0.4 is 5.32 Å². The molecule has 1 atom stereocenters. The van der Waals surface area contributed by atoms with Crippen LogP contribution in [0.1, 0.15) is 17.3 Å². The van der Waals surface area contributed by atoms with Crippen molar-refractivity contribution in [2.45, 2.75) is 13.0 Å². The zero-order chi connectivity index (χ0) is 13.8. The molecular weight excluding hydrogens is 260 g/mol. The van der Waals surface area contributed by atoms with Crippen molar-refractivity contribution >= 4 is 22.4 Å². The van der Waals surface area contributed by atoms with Crippen LogP contribution in [-0.4, -0.2) is 34.9 Å². The van der Waals surface area contributed by atoms with E-state index in [1.165, 1.54) is 11.3 Å². The van der Waals surface area contributed by atoms with E-state index < -0.39 is 0 Å². The fourth-order valence-corrected chi connectivity index (χ4v) is 2.50. The number of nitrogens with one attached hydrogen (secondary N) is 1. The van der Waals surface area contributed by atoms with E-state index in [9.17, 15) is 4.79 Å². The molecule has 0 saturated heterocycles. The van der Waals surface area contributed by atoms with Gasteiger partial charge in [0, 0.05) is 17.8 Å². The number of aromatic nitrogens is 2. The average Bonchev–Trinajstić information content (AvgIpc) is 2.75. The second-order valence-electron chi connectivity index (χ2n) is 4.44. The first-order valence-electron chi connectivity index (χ1n) is 5.87. The van der Waals surface area contributed by atoms with Crippen molar-refractivity contribution in [3.05, 3.63) is 41.2 Å². The van der Waals surface area contributed by atoms with Gasteiger partial charge in [-0.15, -0.1) is 11.3 Å². The summed E-state index contributed by atoms with van der Waals surface area (Å²) < 4.78 is 0. The summed E-state index contributed by atoms with van der Waals surface area (Å²) >= 11 is 1.42. The highest BCUT2D eigenvalue weighted by molar-refractivity contribution is 7.13. The van der Waals surface area contributed by atoms with Crippen LogP contribution >= 0.6 is 11.3 Å². The first-order chi connectivity index (χ1) is 9.08. The van der Waals surface area contributed by atoms with E-state index in [-0.39, 0.29) is 11.9 Å². The maximum Gasteiger partial charge on any atom is 0.248 e. The van der Waals surface area contributed by atoms with Crippen molar-refractivity contribution < 1.29 is 4.79 Å². The lowest BCUT2D eigenvalue weighted by Gasteiger charge is -2.22. The second-order valence-corrected chi connectivity index (χ2v) is 5.29. The first-order valence-corrected chi connectivity index (χ1v) is 6.75. The predicted octanol–water partition coefficient (Wildman–Crippen LogP) is 2.09. The van der Waals surface area contributed by atoms with Crippen LogP contribution in [0.5, 0.6) is 0 Å². The monoisotopic (exact) mass is 276 g/mol. The number of thiazole rings is 1. The molecule has 1 amide bonds. The van der Waals surface area contributed by atoms with Crippen LogP contribution in [0.25, 0.3) is 0 Å². The quantitative estimate of drug-likeness (QED) is 0.929. The number of anilines is 1. The highest BCUT2D eigenvalue weighted by atomic mass is 32.1. The number of aryl methyl sites for hydroxylation is 1. The number of hydrogen-bond acceptors (Lipinski definition) is 5. The number of amides is 1. The molecule has 0 saturated carbocycles. The number of pyridine rings is 1. The molecule has 0 aliphatic heterocycles. The molecule has 19 heavy (non-hydrogen) atoms. The summed E-state index contributed by atoms with van der Waals surface area (Å²) in [6, 6.07) is 3.34. The van der Waals surface area contributed by atoms with E-state index in [2.05, 4.69) is 15.3 Å². The zero-order valence-corrected chi connectivity index (χ0v) is 11.9. The van der Waals surface area contributed by atoms with Gasteiger partial charge in [-0.3, -0.25) is 14.7 Å². The average molecular weight is 276 g/mol. The van der Waals surface area contributed by atoms with E-state index in [1.54, 1.807) is 12.4 Å². The number of nitrogens with zero attached hydrogens (tertiary/aromatic N) is 3. The molecule has 0 bridgehead atoms. The van der Waals surface area contributed by atoms with Gasteiger partial charge in [0.2, 0.25) is 5.91 Å².